The number of aliphatic hydroxyl groups excluding tert-OH is 1. The molecule has 2 rings (SSSR count). The van der Waals surface area contributed by atoms with E-state index in [2.05, 4.69) is 4.98 Å². The Morgan fingerprint density at radius 3 is 2.55 bits per heavy atom. The number of aromatic nitrogens is 2. The van der Waals surface area contributed by atoms with Gasteiger partial charge in [0.15, 0.2) is 0 Å². The van der Waals surface area contributed by atoms with Crippen LogP contribution in [0.15, 0.2) is 12.3 Å². The van der Waals surface area contributed by atoms with Gasteiger partial charge in [0.25, 0.3) is 0 Å². The second-order valence-electron chi connectivity index (χ2n) is 5.23. The number of rotatable bonds is 4. The van der Waals surface area contributed by atoms with Gasteiger partial charge in [-0.05, 0) is 43.5 Å². The molecule has 1 N–H and O–H groups in total. The van der Waals surface area contributed by atoms with Crippen LogP contribution >= 0.6 is 0 Å². The van der Waals surface area contributed by atoms with Crippen molar-refractivity contribution in [3.8, 4) is 17.4 Å². The van der Waals surface area contributed by atoms with Crippen LogP contribution < -0.4 is 9.47 Å². The van der Waals surface area contributed by atoms with E-state index < -0.39 is 0 Å². The molecular formula is C16H20N2O4. The van der Waals surface area contributed by atoms with E-state index in [1.807, 2.05) is 26.8 Å². The first kappa shape index (κ1) is 16.0. The van der Waals surface area contributed by atoms with Crippen molar-refractivity contribution in [2.75, 3.05) is 0 Å². The molecule has 1 heterocycles. The lowest BCUT2D eigenvalue weighted by Crippen LogP contribution is -2.06. The lowest BCUT2D eigenvalue weighted by atomic mass is 10.0. The van der Waals surface area contributed by atoms with Gasteiger partial charge >= 0.3 is 5.97 Å². The quantitative estimate of drug-likeness (QED) is 0.694. The highest BCUT2D eigenvalue weighted by Gasteiger charge is 2.15. The van der Waals surface area contributed by atoms with Gasteiger partial charge in [-0.2, -0.15) is 4.98 Å². The maximum Gasteiger partial charge on any atom is 0.308 e. The number of carbonyl (C=O) groups is 1. The third kappa shape index (κ3) is 3.12. The van der Waals surface area contributed by atoms with Crippen LogP contribution in [0.5, 0.6) is 17.4 Å². The van der Waals surface area contributed by atoms with E-state index in [4.69, 9.17) is 9.47 Å². The van der Waals surface area contributed by atoms with Crippen molar-refractivity contribution in [1.29, 1.82) is 0 Å². The molecule has 1 aromatic carbocycles. The topological polar surface area (TPSA) is 73.6 Å². The van der Waals surface area contributed by atoms with Crippen LogP contribution in [0.1, 0.15) is 29.4 Å². The number of esters is 1. The van der Waals surface area contributed by atoms with Gasteiger partial charge in [-0.1, -0.05) is 0 Å². The molecule has 0 saturated carbocycles. The second-order valence-corrected chi connectivity index (χ2v) is 5.23. The summed E-state index contributed by atoms with van der Waals surface area (Å²) in [5, 5.41) is 9.17. The molecule has 0 fully saturated rings. The number of ether oxygens (including phenoxy) is 2. The van der Waals surface area contributed by atoms with Crippen molar-refractivity contribution >= 4 is 5.97 Å². The van der Waals surface area contributed by atoms with Gasteiger partial charge in [-0.15, -0.1) is 0 Å². The summed E-state index contributed by atoms with van der Waals surface area (Å²) in [6, 6.07) is 1.81. The highest BCUT2D eigenvalue weighted by molar-refractivity contribution is 5.71. The molecule has 6 heteroatoms. The molecule has 0 amide bonds. The Hall–Kier alpha value is -2.34. The van der Waals surface area contributed by atoms with Crippen LogP contribution in [0.4, 0.5) is 0 Å². The van der Waals surface area contributed by atoms with E-state index in [0.717, 1.165) is 16.7 Å². The molecule has 0 aliphatic carbocycles. The fraction of sp³-hybridized carbons (Fsp3) is 0.375. The largest absolute Gasteiger partial charge is 0.437 e. The number of benzene rings is 1. The first-order valence-corrected chi connectivity index (χ1v) is 6.93. The summed E-state index contributed by atoms with van der Waals surface area (Å²) in [6.07, 6.45) is 1.70. The van der Waals surface area contributed by atoms with E-state index in [0.29, 0.717) is 23.2 Å². The first-order valence-electron chi connectivity index (χ1n) is 6.93. The molecule has 0 bridgehead atoms. The lowest BCUT2D eigenvalue weighted by molar-refractivity contribution is -0.131. The molecule has 0 aliphatic rings. The van der Waals surface area contributed by atoms with Crippen molar-refractivity contribution < 1.29 is 19.4 Å². The zero-order valence-electron chi connectivity index (χ0n) is 13.4. The maximum absolute atomic E-state index is 11.2. The highest BCUT2D eigenvalue weighted by atomic mass is 16.5. The maximum atomic E-state index is 11.2. The van der Waals surface area contributed by atoms with E-state index in [9.17, 15) is 9.90 Å². The third-order valence-corrected chi connectivity index (χ3v) is 3.53. The molecule has 0 saturated heterocycles. The Kier molecular flexibility index (Phi) is 4.51. The monoisotopic (exact) mass is 304 g/mol. The van der Waals surface area contributed by atoms with Crippen molar-refractivity contribution in [2.24, 2.45) is 7.05 Å². The van der Waals surface area contributed by atoms with Crippen molar-refractivity contribution in [3.63, 3.8) is 0 Å². The van der Waals surface area contributed by atoms with Gasteiger partial charge in [-0.25, -0.2) is 0 Å². The predicted octanol–water partition coefficient (Wildman–Crippen LogP) is 2.56. The average molecular weight is 304 g/mol. The average Bonchev–Trinajstić information content (AvgIpc) is 2.80. The zero-order valence-corrected chi connectivity index (χ0v) is 13.4. The highest BCUT2D eigenvalue weighted by Crippen LogP contribution is 2.35. The molecule has 2 aromatic rings. The number of hydrogen-bond donors (Lipinski definition) is 1. The van der Waals surface area contributed by atoms with Gasteiger partial charge in [0.1, 0.15) is 23.9 Å². The van der Waals surface area contributed by atoms with Crippen molar-refractivity contribution in [1.82, 2.24) is 9.55 Å². The molecule has 0 radical (unpaired) electrons. The van der Waals surface area contributed by atoms with Crippen molar-refractivity contribution in [2.45, 2.75) is 34.3 Å². The molecule has 6 nitrogen and oxygen atoms in total. The molecule has 1 aromatic heterocycles. The number of imidazole rings is 1. The van der Waals surface area contributed by atoms with Crippen LogP contribution in [0.3, 0.4) is 0 Å². The summed E-state index contributed by atoms with van der Waals surface area (Å²) >= 11 is 0. The first-order chi connectivity index (χ1) is 10.3. The van der Waals surface area contributed by atoms with Gasteiger partial charge < -0.3 is 19.1 Å². The number of aryl methyl sites for hydroxylation is 2. The summed E-state index contributed by atoms with van der Waals surface area (Å²) in [7, 11) is 1.79. The molecule has 0 atom stereocenters. The minimum absolute atomic E-state index is 0.151. The van der Waals surface area contributed by atoms with E-state index >= 15 is 0 Å². The van der Waals surface area contributed by atoms with Crippen LogP contribution in [-0.2, 0) is 18.4 Å². The Bertz CT molecular complexity index is 719. The SMILES string of the molecule is CC(=O)Oc1c(C)cc(Oc2cn(C)c(CO)n2)c(C)c1C. The van der Waals surface area contributed by atoms with Crippen molar-refractivity contribution in [3.05, 3.63) is 34.8 Å². The Morgan fingerprint density at radius 1 is 1.32 bits per heavy atom. The molecule has 0 unspecified atom stereocenters. The van der Waals surface area contributed by atoms with Gasteiger partial charge in [-0.3, -0.25) is 4.79 Å². The third-order valence-electron chi connectivity index (χ3n) is 3.53. The molecular weight excluding hydrogens is 284 g/mol. The number of carbonyl (C=O) groups excluding carboxylic acids is 1. The molecule has 22 heavy (non-hydrogen) atoms. The zero-order chi connectivity index (χ0) is 16.4. The van der Waals surface area contributed by atoms with E-state index in [1.165, 1.54) is 6.92 Å². The standard InChI is InChI=1S/C16H20N2O4/c1-9-6-13(10(2)11(3)16(9)21-12(4)20)22-15-7-18(5)14(8-19)17-15/h6-7,19H,8H2,1-5H3. The summed E-state index contributed by atoms with van der Waals surface area (Å²) < 4.78 is 12.8. The minimum Gasteiger partial charge on any atom is -0.437 e. The smallest absolute Gasteiger partial charge is 0.308 e. The summed E-state index contributed by atoms with van der Waals surface area (Å²) in [4.78, 5) is 15.4. The molecule has 118 valence electrons. The fourth-order valence-electron chi connectivity index (χ4n) is 2.21. The fourth-order valence-corrected chi connectivity index (χ4v) is 2.21. The second kappa shape index (κ2) is 6.19. The molecule has 0 spiro atoms. The van der Waals surface area contributed by atoms with Crippen LogP contribution in [0.2, 0.25) is 0 Å². The van der Waals surface area contributed by atoms with Gasteiger partial charge in [0.05, 0.1) is 6.20 Å². The summed E-state index contributed by atoms with van der Waals surface area (Å²) in [5.41, 5.74) is 2.54. The molecule has 0 aliphatic heterocycles. The van der Waals surface area contributed by atoms with Gasteiger partial charge in [0.2, 0.25) is 5.88 Å². The minimum atomic E-state index is -0.350. The van der Waals surface area contributed by atoms with E-state index in [1.54, 1.807) is 17.8 Å². The summed E-state index contributed by atoms with van der Waals surface area (Å²) in [6.45, 7) is 6.86. The normalized spacial score (nSPS) is 10.6. The number of hydrogen-bond acceptors (Lipinski definition) is 5. The Morgan fingerprint density at radius 2 is 2.00 bits per heavy atom. The van der Waals surface area contributed by atoms with E-state index in [-0.39, 0.29) is 12.6 Å². The van der Waals surface area contributed by atoms with Crippen LogP contribution in [-0.4, -0.2) is 20.6 Å². The number of nitrogens with zero attached hydrogens (tertiary/aromatic N) is 2. The predicted molar refractivity (Wildman–Crippen MR) is 81.2 cm³/mol. The van der Waals surface area contributed by atoms with Crippen LogP contribution in [0.25, 0.3) is 0 Å². The Labute approximate surface area is 129 Å². The lowest BCUT2D eigenvalue weighted by Gasteiger charge is -2.15. The summed E-state index contributed by atoms with van der Waals surface area (Å²) in [5.74, 6) is 1.80. The van der Waals surface area contributed by atoms with Gasteiger partial charge in [0, 0.05) is 14.0 Å². The Balaban J connectivity index is 2.37. The van der Waals surface area contributed by atoms with Crippen LogP contribution in [0, 0.1) is 20.8 Å². The number of aliphatic hydroxyl groups is 1.